The van der Waals surface area contributed by atoms with Gasteiger partial charge < -0.3 is 13.3 Å². The van der Waals surface area contributed by atoms with Crippen LogP contribution in [0.4, 0.5) is 0 Å². The predicted octanol–water partition coefficient (Wildman–Crippen LogP) is 14.2. The molecule has 3 nitrogen and oxygen atoms in total. The van der Waals surface area contributed by atoms with Gasteiger partial charge in [-0.2, -0.15) is 0 Å². The van der Waals surface area contributed by atoms with Crippen molar-refractivity contribution < 1.29 is 13.3 Å². The zero-order valence-corrected chi connectivity index (χ0v) is 27.2. The molecule has 3 aromatic heterocycles. The molecule has 0 fully saturated rings. The van der Waals surface area contributed by atoms with Gasteiger partial charge in [-0.3, -0.25) is 0 Å². The largest absolute Gasteiger partial charge is 0.456 e. The van der Waals surface area contributed by atoms with E-state index in [1.165, 1.54) is 49.0 Å². The first-order valence-electron chi connectivity index (χ1n) is 17.3. The molecule has 0 aliphatic heterocycles. The Morgan fingerprint density at radius 1 is 0.255 bits per heavy atom. The maximum absolute atomic E-state index is 6.54. The summed E-state index contributed by atoms with van der Waals surface area (Å²) in [7, 11) is 0. The summed E-state index contributed by atoms with van der Waals surface area (Å²) in [5.74, 6) is 0. The molecule has 0 spiro atoms. The molecule has 0 amide bonds. The van der Waals surface area contributed by atoms with Gasteiger partial charge in [0, 0.05) is 32.3 Å². The van der Waals surface area contributed by atoms with Crippen LogP contribution in [-0.2, 0) is 0 Å². The van der Waals surface area contributed by atoms with Crippen molar-refractivity contribution in [3.63, 3.8) is 0 Å². The fraction of sp³-hybridized carbons (Fsp3) is 0. The second-order valence-electron chi connectivity index (χ2n) is 13.5. The second kappa shape index (κ2) is 9.87. The number of hydrogen-bond donors (Lipinski definition) is 0. The quantitative estimate of drug-likeness (QED) is 0.175. The number of rotatable bonds is 2. The molecule has 0 unspecified atom stereocenters. The van der Waals surface area contributed by atoms with Gasteiger partial charge in [-0.1, -0.05) is 109 Å². The number of hydrogen-bond acceptors (Lipinski definition) is 3. The van der Waals surface area contributed by atoms with Gasteiger partial charge in [-0.05, 0) is 103 Å². The summed E-state index contributed by atoms with van der Waals surface area (Å²) in [5, 5.41) is 13.9. The van der Waals surface area contributed by atoms with Crippen LogP contribution < -0.4 is 0 Å². The van der Waals surface area contributed by atoms with E-state index in [0.717, 1.165) is 71.4 Å². The minimum absolute atomic E-state index is 0.859. The van der Waals surface area contributed by atoms with Crippen LogP contribution in [0.25, 0.3) is 120 Å². The summed E-state index contributed by atoms with van der Waals surface area (Å²) in [6.07, 6.45) is 0. The first-order chi connectivity index (χ1) is 25.3. The standard InChI is InChI=1S/C48H26O3/c1-2-10-30-27(9-1)17-22-41-46(30)48-43(51-41)24-23-42-47(48)37-26-29(19-21-40(37)50-42)45-34-14-5-3-12-32(34)44(33-13-4-6-15-35(33)45)28-18-20-39-36(25-28)31-11-7-8-16-38(31)49-39/h1-26H. The lowest BCUT2D eigenvalue weighted by Gasteiger charge is -2.18. The summed E-state index contributed by atoms with van der Waals surface area (Å²) >= 11 is 0. The highest BCUT2D eigenvalue weighted by molar-refractivity contribution is 6.31. The molecule has 0 saturated carbocycles. The van der Waals surface area contributed by atoms with Crippen molar-refractivity contribution >= 4 is 98.1 Å². The van der Waals surface area contributed by atoms with Crippen LogP contribution in [0.15, 0.2) is 171 Å². The fourth-order valence-electron chi connectivity index (χ4n) is 8.68. The van der Waals surface area contributed by atoms with Crippen molar-refractivity contribution in [1.29, 1.82) is 0 Å². The van der Waals surface area contributed by atoms with Crippen LogP contribution in [0.1, 0.15) is 0 Å². The molecule has 12 aromatic rings. The fourth-order valence-corrected chi connectivity index (χ4v) is 8.68. The van der Waals surface area contributed by atoms with E-state index >= 15 is 0 Å². The molecular weight excluding hydrogens is 625 g/mol. The molecular formula is C48H26O3. The van der Waals surface area contributed by atoms with Gasteiger partial charge in [0.05, 0.1) is 0 Å². The Morgan fingerprint density at radius 3 is 1.33 bits per heavy atom. The lowest BCUT2D eigenvalue weighted by Crippen LogP contribution is -1.90. The van der Waals surface area contributed by atoms with Gasteiger partial charge in [0.25, 0.3) is 0 Å². The summed E-state index contributed by atoms with van der Waals surface area (Å²) in [4.78, 5) is 0. The molecule has 12 rings (SSSR count). The third-order valence-electron chi connectivity index (χ3n) is 10.8. The van der Waals surface area contributed by atoms with E-state index in [1.54, 1.807) is 0 Å². The van der Waals surface area contributed by atoms with Crippen molar-refractivity contribution in [2.45, 2.75) is 0 Å². The Morgan fingerprint density at radius 2 is 0.667 bits per heavy atom. The molecule has 3 heterocycles. The number of furan rings is 3. The average molecular weight is 651 g/mol. The highest BCUT2D eigenvalue weighted by atomic mass is 16.3. The molecule has 0 saturated heterocycles. The van der Waals surface area contributed by atoms with Crippen LogP contribution in [0, 0.1) is 0 Å². The third kappa shape index (κ3) is 3.67. The molecule has 0 aliphatic carbocycles. The van der Waals surface area contributed by atoms with Crippen LogP contribution in [0.5, 0.6) is 0 Å². The van der Waals surface area contributed by atoms with Gasteiger partial charge >= 0.3 is 0 Å². The second-order valence-corrected chi connectivity index (χ2v) is 13.5. The summed E-state index contributed by atoms with van der Waals surface area (Å²) in [5.41, 5.74) is 10.0. The van der Waals surface area contributed by atoms with Crippen molar-refractivity contribution in [1.82, 2.24) is 0 Å². The van der Waals surface area contributed by atoms with Crippen molar-refractivity contribution in [2.24, 2.45) is 0 Å². The van der Waals surface area contributed by atoms with Gasteiger partial charge in [-0.25, -0.2) is 0 Å². The Kier molecular flexibility index (Phi) is 5.23. The van der Waals surface area contributed by atoms with E-state index in [-0.39, 0.29) is 0 Å². The number of fused-ring (bicyclic) bond motifs is 14. The van der Waals surface area contributed by atoms with E-state index in [2.05, 4.69) is 133 Å². The minimum atomic E-state index is 0.859. The third-order valence-corrected chi connectivity index (χ3v) is 10.8. The highest BCUT2D eigenvalue weighted by Gasteiger charge is 2.21. The van der Waals surface area contributed by atoms with Crippen LogP contribution in [0.3, 0.4) is 0 Å². The summed E-state index contributed by atoms with van der Waals surface area (Å²) < 4.78 is 19.2. The maximum atomic E-state index is 6.54. The van der Waals surface area contributed by atoms with E-state index < -0.39 is 0 Å². The monoisotopic (exact) mass is 650 g/mol. The first kappa shape index (κ1) is 27.0. The maximum Gasteiger partial charge on any atom is 0.136 e. The average Bonchev–Trinajstić information content (AvgIpc) is 3.87. The smallest absolute Gasteiger partial charge is 0.136 e. The van der Waals surface area contributed by atoms with E-state index in [1.807, 2.05) is 24.3 Å². The molecule has 0 N–H and O–H groups in total. The first-order valence-corrected chi connectivity index (χ1v) is 17.3. The SMILES string of the molecule is c1ccc2c(c1)ccc1oc3ccc4oc5ccc(-c6c7ccccc7c(-c7ccc8oc9ccccc9c8c7)c7ccccc67)cc5c4c3c12. The van der Waals surface area contributed by atoms with Crippen molar-refractivity contribution in [2.75, 3.05) is 0 Å². The molecule has 0 bridgehead atoms. The number of para-hydroxylation sites is 1. The lowest BCUT2D eigenvalue weighted by molar-refractivity contribution is 0.663. The summed E-state index contributed by atoms with van der Waals surface area (Å²) in [6.45, 7) is 0. The molecule has 236 valence electrons. The van der Waals surface area contributed by atoms with Gasteiger partial charge in [0.2, 0.25) is 0 Å². The Hall–Kier alpha value is -6.84. The Labute approximate surface area is 290 Å². The lowest BCUT2D eigenvalue weighted by atomic mass is 9.85. The Balaban J connectivity index is 1.17. The van der Waals surface area contributed by atoms with Gasteiger partial charge in [0.15, 0.2) is 0 Å². The molecule has 51 heavy (non-hydrogen) atoms. The van der Waals surface area contributed by atoms with Crippen LogP contribution in [-0.4, -0.2) is 0 Å². The summed E-state index contributed by atoms with van der Waals surface area (Å²) in [6, 6.07) is 56.0. The minimum Gasteiger partial charge on any atom is -0.456 e. The number of benzene rings is 9. The van der Waals surface area contributed by atoms with Crippen LogP contribution in [0.2, 0.25) is 0 Å². The van der Waals surface area contributed by atoms with Gasteiger partial charge in [0.1, 0.15) is 33.5 Å². The zero-order valence-electron chi connectivity index (χ0n) is 27.2. The molecule has 0 aliphatic rings. The van der Waals surface area contributed by atoms with Crippen molar-refractivity contribution in [3.05, 3.63) is 158 Å². The van der Waals surface area contributed by atoms with Gasteiger partial charge in [-0.15, -0.1) is 0 Å². The molecule has 0 atom stereocenters. The normalized spacial score (nSPS) is 12.3. The van der Waals surface area contributed by atoms with Crippen LogP contribution >= 0.6 is 0 Å². The molecule has 9 aromatic carbocycles. The predicted molar refractivity (Wildman–Crippen MR) is 212 cm³/mol. The molecule has 3 heteroatoms. The van der Waals surface area contributed by atoms with E-state index in [9.17, 15) is 0 Å². The Bertz CT molecular complexity index is 3370. The van der Waals surface area contributed by atoms with E-state index in [0.29, 0.717) is 0 Å². The van der Waals surface area contributed by atoms with Crippen molar-refractivity contribution in [3.8, 4) is 22.3 Å². The zero-order chi connectivity index (χ0) is 33.2. The highest BCUT2D eigenvalue weighted by Crippen LogP contribution is 2.47. The van der Waals surface area contributed by atoms with E-state index in [4.69, 9.17) is 13.3 Å². The molecule has 0 radical (unpaired) electrons. The topological polar surface area (TPSA) is 39.4 Å².